The lowest BCUT2D eigenvalue weighted by atomic mass is 9.89. The Morgan fingerprint density at radius 1 is 1.57 bits per heavy atom. The Labute approximate surface area is 132 Å². The van der Waals surface area contributed by atoms with Gasteiger partial charge in [0.05, 0.1) is 11.2 Å². The first-order chi connectivity index (χ1) is 10.1. The second kappa shape index (κ2) is 5.93. The number of thiophene rings is 1. The van der Waals surface area contributed by atoms with Crippen molar-refractivity contribution in [1.29, 1.82) is 0 Å². The van der Waals surface area contributed by atoms with E-state index < -0.39 is 11.2 Å². The minimum Gasteiger partial charge on any atom is -0.549 e. The Balaban J connectivity index is 2.05. The van der Waals surface area contributed by atoms with Gasteiger partial charge in [-0.2, -0.15) is 0 Å². The maximum Gasteiger partial charge on any atom is 0.128 e. The van der Waals surface area contributed by atoms with Crippen molar-refractivity contribution in [3.05, 3.63) is 16.8 Å². The van der Waals surface area contributed by atoms with Gasteiger partial charge in [-0.3, -0.25) is 0 Å². The zero-order chi connectivity index (χ0) is 15.0. The Hall–Kier alpha value is -1.14. The summed E-state index contributed by atoms with van der Waals surface area (Å²) in [7, 11) is 0. The van der Waals surface area contributed by atoms with Crippen LogP contribution in [0.1, 0.15) is 37.1 Å². The van der Waals surface area contributed by atoms with E-state index in [0.29, 0.717) is 12.3 Å². The molecule has 0 aliphatic heterocycles. The highest BCUT2D eigenvalue weighted by atomic mass is 32.2. The lowest BCUT2D eigenvalue weighted by Crippen LogP contribution is -2.33. The van der Waals surface area contributed by atoms with Crippen LogP contribution < -0.4 is 5.11 Å². The number of thioether (sulfide) groups is 1. The molecule has 0 saturated heterocycles. The van der Waals surface area contributed by atoms with Gasteiger partial charge in [0.2, 0.25) is 0 Å². The Bertz CT molecular complexity index is 684. The first-order valence-electron chi connectivity index (χ1n) is 7.22. The molecule has 0 amide bonds. The van der Waals surface area contributed by atoms with Crippen molar-refractivity contribution in [1.82, 2.24) is 9.97 Å². The van der Waals surface area contributed by atoms with E-state index in [1.54, 1.807) is 11.3 Å². The van der Waals surface area contributed by atoms with Gasteiger partial charge in [-0.25, -0.2) is 9.97 Å². The Morgan fingerprint density at radius 2 is 2.38 bits per heavy atom. The van der Waals surface area contributed by atoms with E-state index in [1.807, 2.05) is 6.92 Å². The van der Waals surface area contributed by atoms with Crippen LogP contribution in [0.5, 0.6) is 0 Å². The molecule has 3 rings (SSSR count). The third-order valence-corrected chi connectivity index (χ3v) is 6.45. The minimum absolute atomic E-state index is 0.530. The number of aromatic nitrogens is 2. The highest BCUT2D eigenvalue weighted by Crippen LogP contribution is 2.41. The molecule has 0 aromatic carbocycles. The molecule has 0 unspecified atom stereocenters. The Kier molecular flexibility index (Phi) is 4.17. The van der Waals surface area contributed by atoms with Gasteiger partial charge in [-0.1, -0.05) is 25.6 Å². The van der Waals surface area contributed by atoms with Crippen molar-refractivity contribution in [3.8, 4) is 0 Å². The molecule has 0 radical (unpaired) electrons. The van der Waals surface area contributed by atoms with Crippen molar-refractivity contribution >= 4 is 39.3 Å². The first kappa shape index (κ1) is 14.8. The molecule has 0 spiro atoms. The van der Waals surface area contributed by atoms with Crippen LogP contribution in [0.25, 0.3) is 10.2 Å². The van der Waals surface area contributed by atoms with Crippen LogP contribution in [-0.4, -0.2) is 21.2 Å². The summed E-state index contributed by atoms with van der Waals surface area (Å²) in [4.78, 5) is 22.3. The molecule has 2 aromatic heterocycles. The molecule has 1 aliphatic rings. The monoisotopic (exact) mass is 321 g/mol. The van der Waals surface area contributed by atoms with Gasteiger partial charge < -0.3 is 9.90 Å². The number of aliphatic carboxylic acids is 1. The van der Waals surface area contributed by atoms with E-state index in [-0.39, 0.29) is 0 Å². The quantitative estimate of drug-likeness (QED) is 0.639. The molecule has 0 saturated carbocycles. The summed E-state index contributed by atoms with van der Waals surface area (Å²) >= 11 is 3.03. The summed E-state index contributed by atoms with van der Waals surface area (Å²) in [6.07, 6.45) is 5.38. The summed E-state index contributed by atoms with van der Waals surface area (Å²) in [5.74, 6) is -0.312. The van der Waals surface area contributed by atoms with Gasteiger partial charge in [0.25, 0.3) is 0 Å². The number of fused-ring (bicyclic) bond motifs is 3. The maximum absolute atomic E-state index is 11.2. The number of rotatable bonds is 4. The molecule has 6 heteroatoms. The average Bonchev–Trinajstić information content (AvgIpc) is 2.82. The minimum atomic E-state index is -1.02. The fraction of sp³-hybridized carbons (Fsp3) is 0.533. The molecular weight excluding hydrogens is 304 g/mol. The zero-order valence-corrected chi connectivity index (χ0v) is 13.7. The van der Waals surface area contributed by atoms with Gasteiger partial charge in [0, 0.05) is 10.3 Å². The molecule has 0 bridgehead atoms. The number of aryl methyl sites for hydroxylation is 1. The molecule has 21 heavy (non-hydrogen) atoms. The molecule has 0 N–H and O–H groups in total. The largest absolute Gasteiger partial charge is 0.549 e. The van der Waals surface area contributed by atoms with Gasteiger partial charge in [0.1, 0.15) is 16.2 Å². The fourth-order valence-corrected chi connectivity index (χ4v) is 5.16. The topological polar surface area (TPSA) is 65.9 Å². The normalized spacial score (nSPS) is 19.4. The summed E-state index contributed by atoms with van der Waals surface area (Å²) in [5, 5.41) is 12.5. The number of carbonyl (C=O) groups is 1. The van der Waals surface area contributed by atoms with Crippen LogP contribution in [0.2, 0.25) is 0 Å². The van der Waals surface area contributed by atoms with Crippen molar-refractivity contribution < 1.29 is 9.90 Å². The van der Waals surface area contributed by atoms with Crippen LogP contribution in [0.4, 0.5) is 0 Å². The molecule has 1 aliphatic carbocycles. The summed E-state index contributed by atoms with van der Waals surface area (Å²) in [6, 6.07) is 0. The van der Waals surface area contributed by atoms with Crippen LogP contribution in [0.3, 0.4) is 0 Å². The third kappa shape index (κ3) is 2.79. The predicted molar refractivity (Wildman–Crippen MR) is 83.5 cm³/mol. The highest BCUT2D eigenvalue weighted by Gasteiger charge is 2.24. The van der Waals surface area contributed by atoms with E-state index >= 15 is 0 Å². The SMILES string of the molecule is CC[C@H](Sc1ncnc2sc3c(c12)CC[C@H](C)C3)C(=O)[O-]. The number of carboxylic acid groups (broad SMARTS) is 1. The molecule has 2 heterocycles. The van der Waals surface area contributed by atoms with E-state index in [2.05, 4.69) is 16.9 Å². The highest BCUT2D eigenvalue weighted by molar-refractivity contribution is 8.00. The third-order valence-electron chi connectivity index (χ3n) is 3.94. The molecule has 112 valence electrons. The zero-order valence-electron chi connectivity index (χ0n) is 12.1. The van der Waals surface area contributed by atoms with Gasteiger partial charge in [-0.15, -0.1) is 11.3 Å². The van der Waals surface area contributed by atoms with Crippen LogP contribution in [-0.2, 0) is 17.6 Å². The lowest BCUT2D eigenvalue weighted by molar-refractivity contribution is -0.304. The van der Waals surface area contributed by atoms with Gasteiger partial charge in [-0.05, 0) is 37.2 Å². The molecular formula is C15H17N2O2S2-. The second-order valence-corrected chi connectivity index (χ2v) is 7.82. The Morgan fingerprint density at radius 3 is 3.10 bits per heavy atom. The van der Waals surface area contributed by atoms with Crippen LogP contribution in [0, 0.1) is 5.92 Å². The van der Waals surface area contributed by atoms with E-state index in [9.17, 15) is 9.90 Å². The molecule has 2 atom stereocenters. The van der Waals surface area contributed by atoms with E-state index in [1.165, 1.54) is 35.0 Å². The molecule has 2 aromatic rings. The fourth-order valence-electron chi connectivity index (χ4n) is 2.77. The van der Waals surface area contributed by atoms with Crippen molar-refractivity contribution in [2.45, 2.75) is 49.8 Å². The number of carbonyl (C=O) groups excluding carboxylic acids is 1. The van der Waals surface area contributed by atoms with Crippen molar-refractivity contribution in [3.63, 3.8) is 0 Å². The number of carboxylic acids is 1. The lowest BCUT2D eigenvalue weighted by Gasteiger charge is -2.19. The van der Waals surface area contributed by atoms with E-state index in [4.69, 9.17) is 0 Å². The number of hydrogen-bond donors (Lipinski definition) is 0. The van der Waals surface area contributed by atoms with E-state index in [0.717, 1.165) is 28.1 Å². The smallest absolute Gasteiger partial charge is 0.128 e. The van der Waals surface area contributed by atoms with Crippen molar-refractivity contribution in [2.24, 2.45) is 5.92 Å². The predicted octanol–water partition coefficient (Wildman–Crippen LogP) is 2.44. The molecule has 0 fully saturated rings. The average molecular weight is 321 g/mol. The number of hydrogen-bond acceptors (Lipinski definition) is 6. The summed E-state index contributed by atoms with van der Waals surface area (Å²) in [5.41, 5.74) is 1.34. The van der Waals surface area contributed by atoms with Crippen LogP contribution in [0.15, 0.2) is 11.4 Å². The van der Waals surface area contributed by atoms with Gasteiger partial charge >= 0.3 is 0 Å². The number of nitrogens with zero attached hydrogens (tertiary/aromatic N) is 2. The summed E-state index contributed by atoms with van der Waals surface area (Å²) in [6.45, 7) is 4.13. The summed E-state index contributed by atoms with van der Waals surface area (Å²) < 4.78 is 0. The van der Waals surface area contributed by atoms with Gasteiger partial charge in [0.15, 0.2) is 0 Å². The first-order valence-corrected chi connectivity index (χ1v) is 8.92. The van der Waals surface area contributed by atoms with Crippen molar-refractivity contribution in [2.75, 3.05) is 0 Å². The second-order valence-electron chi connectivity index (χ2n) is 5.54. The standard InChI is InChI=1S/C15H18N2O2S2/c1-3-10(15(18)19)20-13-12-9-5-4-8(2)6-11(9)21-14(12)17-7-16-13/h7-8,10H,3-6H2,1-2H3,(H,18,19)/p-1/t8-,10-/m0/s1. The van der Waals surface area contributed by atoms with Crippen LogP contribution >= 0.6 is 23.1 Å². The molecule has 4 nitrogen and oxygen atoms in total. The maximum atomic E-state index is 11.2.